The minimum absolute atomic E-state index is 0.0935. The van der Waals surface area contributed by atoms with Crippen LogP contribution in [0, 0.1) is 5.41 Å². The molecule has 0 unspecified atom stereocenters. The molecule has 10 heteroatoms. The number of furan rings is 1. The second kappa shape index (κ2) is 10.4. The average molecular weight is 522 g/mol. The van der Waals surface area contributed by atoms with Crippen molar-refractivity contribution < 1.29 is 34.0 Å². The predicted octanol–water partition coefficient (Wildman–Crippen LogP) is 3.76. The summed E-state index contributed by atoms with van der Waals surface area (Å²) in [6, 6.07) is 8.90. The van der Waals surface area contributed by atoms with Crippen LogP contribution in [0.1, 0.15) is 42.5 Å². The topological polar surface area (TPSA) is 122 Å². The molecule has 1 aromatic carbocycles. The number of methoxy groups -OCH3 is 1. The molecule has 3 N–H and O–H groups in total. The number of aromatic nitrogens is 1. The Labute approximate surface area is 212 Å². The van der Waals surface area contributed by atoms with Crippen LogP contribution < -0.4 is 0 Å². The van der Waals surface area contributed by atoms with E-state index in [1.54, 1.807) is 44.5 Å². The highest BCUT2D eigenvalue weighted by molar-refractivity contribution is 7.15. The number of halogens is 1. The van der Waals surface area contributed by atoms with Gasteiger partial charge in [0.2, 0.25) is 0 Å². The number of nitrogens with zero attached hydrogens (tertiary/aromatic N) is 1. The first-order valence-corrected chi connectivity index (χ1v) is 12.3. The van der Waals surface area contributed by atoms with E-state index in [9.17, 15) is 20.1 Å². The second-order valence-corrected chi connectivity index (χ2v) is 10.8. The monoisotopic (exact) mass is 521 g/mol. The Balaban J connectivity index is 1.56. The van der Waals surface area contributed by atoms with Gasteiger partial charge in [-0.2, -0.15) is 0 Å². The van der Waals surface area contributed by atoms with E-state index in [-0.39, 0.29) is 6.42 Å². The Morgan fingerprint density at radius 2 is 1.97 bits per heavy atom. The number of thiazole rings is 1. The van der Waals surface area contributed by atoms with Crippen molar-refractivity contribution in [3.63, 3.8) is 0 Å². The molecular weight excluding hydrogens is 494 g/mol. The van der Waals surface area contributed by atoms with Gasteiger partial charge in [0.1, 0.15) is 30.2 Å². The normalized spacial score (nSPS) is 24.9. The predicted molar refractivity (Wildman–Crippen MR) is 130 cm³/mol. The van der Waals surface area contributed by atoms with Gasteiger partial charge in [0.05, 0.1) is 34.8 Å². The van der Waals surface area contributed by atoms with Gasteiger partial charge < -0.3 is 29.2 Å². The van der Waals surface area contributed by atoms with Gasteiger partial charge in [0.15, 0.2) is 0 Å². The Kier molecular flexibility index (Phi) is 7.65. The molecule has 35 heavy (non-hydrogen) atoms. The number of hydrogen-bond donors (Lipinski definition) is 3. The third-order valence-electron chi connectivity index (χ3n) is 6.22. The van der Waals surface area contributed by atoms with Gasteiger partial charge in [0, 0.05) is 17.6 Å². The van der Waals surface area contributed by atoms with Crippen molar-refractivity contribution in [2.45, 2.75) is 57.2 Å². The number of aliphatic hydroxyl groups is 3. The summed E-state index contributed by atoms with van der Waals surface area (Å²) in [4.78, 5) is 17.5. The Hall–Kier alpha value is -2.27. The molecule has 0 aliphatic carbocycles. The maximum absolute atomic E-state index is 12.1. The molecule has 1 fully saturated rings. The third-order valence-corrected chi connectivity index (χ3v) is 7.60. The van der Waals surface area contributed by atoms with Crippen LogP contribution in [0.2, 0.25) is 5.02 Å². The number of esters is 1. The maximum atomic E-state index is 12.1. The molecule has 0 bridgehead atoms. The van der Waals surface area contributed by atoms with Crippen LogP contribution in [-0.4, -0.2) is 57.8 Å². The molecule has 0 saturated carbocycles. The summed E-state index contributed by atoms with van der Waals surface area (Å²) in [7, 11) is 1.29. The fourth-order valence-electron chi connectivity index (χ4n) is 4.25. The molecule has 3 heterocycles. The van der Waals surface area contributed by atoms with Gasteiger partial charge in [0.25, 0.3) is 0 Å². The molecule has 2 aromatic heterocycles. The van der Waals surface area contributed by atoms with Crippen molar-refractivity contribution in [3.8, 4) is 10.6 Å². The van der Waals surface area contributed by atoms with E-state index >= 15 is 0 Å². The largest absolute Gasteiger partial charge is 0.469 e. The highest BCUT2D eigenvalue weighted by Crippen LogP contribution is 2.39. The van der Waals surface area contributed by atoms with E-state index in [1.165, 1.54) is 18.4 Å². The van der Waals surface area contributed by atoms with Crippen LogP contribution in [0.4, 0.5) is 0 Å². The smallest absolute Gasteiger partial charge is 0.311 e. The molecule has 5 atom stereocenters. The molecule has 0 spiro atoms. The van der Waals surface area contributed by atoms with Crippen LogP contribution in [0.25, 0.3) is 10.6 Å². The van der Waals surface area contributed by atoms with E-state index < -0.39 is 41.9 Å². The number of hydrogen-bond acceptors (Lipinski definition) is 9. The molecule has 0 amide bonds. The van der Waals surface area contributed by atoms with Crippen molar-refractivity contribution in [1.82, 2.24) is 4.98 Å². The van der Waals surface area contributed by atoms with Crippen molar-refractivity contribution in [2.75, 3.05) is 7.11 Å². The molecule has 8 nitrogen and oxygen atoms in total. The first-order valence-electron chi connectivity index (χ1n) is 11.2. The van der Waals surface area contributed by atoms with Crippen molar-refractivity contribution in [2.24, 2.45) is 5.41 Å². The third kappa shape index (κ3) is 5.45. The van der Waals surface area contributed by atoms with Gasteiger partial charge in [-0.1, -0.05) is 23.7 Å². The fraction of sp³-hybridized carbons (Fsp3) is 0.440. The number of carbonyl (C=O) groups is 1. The van der Waals surface area contributed by atoms with Gasteiger partial charge in [-0.05, 0) is 49.6 Å². The van der Waals surface area contributed by atoms with Crippen molar-refractivity contribution in [1.29, 1.82) is 0 Å². The lowest BCUT2D eigenvalue weighted by Gasteiger charge is -2.43. The summed E-state index contributed by atoms with van der Waals surface area (Å²) in [6.07, 6.45) is -2.14. The molecule has 1 aliphatic rings. The number of carbonyl (C=O) groups excluding carboxylic acids is 1. The summed E-state index contributed by atoms with van der Waals surface area (Å²) >= 11 is 7.95. The summed E-state index contributed by atoms with van der Waals surface area (Å²) in [5, 5.41) is 33.2. The number of rotatable bonds is 7. The van der Waals surface area contributed by atoms with Crippen LogP contribution in [-0.2, 0) is 20.7 Å². The van der Waals surface area contributed by atoms with Gasteiger partial charge in [-0.15, -0.1) is 11.3 Å². The highest BCUT2D eigenvalue weighted by Gasteiger charge is 2.47. The minimum Gasteiger partial charge on any atom is -0.469 e. The van der Waals surface area contributed by atoms with Gasteiger partial charge in [-0.3, -0.25) is 4.79 Å². The van der Waals surface area contributed by atoms with Gasteiger partial charge >= 0.3 is 5.97 Å². The average Bonchev–Trinajstić information content (AvgIpc) is 3.52. The Morgan fingerprint density at radius 3 is 2.66 bits per heavy atom. The zero-order valence-corrected chi connectivity index (χ0v) is 21.1. The van der Waals surface area contributed by atoms with E-state index in [4.69, 9.17) is 25.5 Å². The molecule has 1 saturated heterocycles. The lowest BCUT2D eigenvalue weighted by molar-refractivity contribution is -0.231. The van der Waals surface area contributed by atoms with E-state index in [1.807, 2.05) is 12.1 Å². The molecular formula is C25H28ClNO7S. The Bertz CT molecular complexity index is 1160. The molecule has 1 aliphatic heterocycles. The quantitative estimate of drug-likeness (QED) is 0.402. The van der Waals surface area contributed by atoms with E-state index in [2.05, 4.69) is 4.98 Å². The maximum Gasteiger partial charge on any atom is 0.311 e. The van der Waals surface area contributed by atoms with Crippen molar-refractivity contribution >= 4 is 28.9 Å². The summed E-state index contributed by atoms with van der Waals surface area (Å²) in [5.74, 6) is 0.275. The number of benzene rings is 1. The lowest BCUT2D eigenvalue weighted by Crippen LogP contribution is -2.55. The SMILES string of the molecule is COC(=O)C(C)(C)C[C@H]1O[C@@H](c2ccc(Cl)c(Cc3ncc(-c4ccco4)s3)c2)[C@H](O)[C@H](O)[C@@H]1O. The number of aliphatic hydroxyl groups excluding tert-OH is 3. The zero-order chi connectivity index (χ0) is 25.3. The van der Waals surface area contributed by atoms with Crippen LogP contribution in [0.15, 0.2) is 47.2 Å². The lowest BCUT2D eigenvalue weighted by atomic mass is 9.81. The highest BCUT2D eigenvalue weighted by atomic mass is 35.5. The van der Waals surface area contributed by atoms with Crippen LogP contribution in [0.5, 0.6) is 0 Å². The fourth-order valence-corrected chi connectivity index (χ4v) is 5.35. The Morgan fingerprint density at radius 1 is 1.20 bits per heavy atom. The van der Waals surface area contributed by atoms with Crippen LogP contribution in [0.3, 0.4) is 0 Å². The second-order valence-electron chi connectivity index (χ2n) is 9.27. The first kappa shape index (κ1) is 25.8. The summed E-state index contributed by atoms with van der Waals surface area (Å²) < 4.78 is 16.3. The number of ether oxygens (including phenoxy) is 2. The molecule has 188 valence electrons. The molecule has 4 rings (SSSR count). The van der Waals surface area contributed by atoms with Crippen molar-refractivity contribution in [3.05, 3.63) is 63.9 Å². The standard InChI is InChI=1S/C25H28ClNO7S/c1-25(2,24(31)32-3)11-17-20(28)21(29)22(30)23(34-17)13-6-7-15(26)14(9-13)10-19-27-12-18(35-19)16-5-4-8-33-16/h4-9,12,17,20-23,28-30H,10-11H2,1-3H3/t17-,20-,21-,22-,23+/m1/s1. The van der Waals surface area contributed by atoms with E-state index in [0.717, 1.165) is 21.2 Å². The zero-order valence-electron chi connectivity index (χ0n) is 19.6. The minimum atomic E-state index is -1.46. The van der Waals surface area contributed by atoms with Crippen LogP contribution >= 0.6 is 22.9 Å². The molecule has 3 aromatic rings. The summed E-state index contributed by atoms with van der Waals surface area (Å²) in [6.45, 7) is 3.35. The van der Waals surface area contributed by atoms with Gasteiger partial charge in [-0.25, -0.2) is 4.98 Å². The molecule has 0 radical (unpaired) electrons. The van der Waals surface area contributed by atoms with E-state index in [0.29, 0.717) is 17.0 Å². The first-order chi connectivity index (χ1) is 16.6. The summed E-state index contributed by atoms with van der Waals surface area (Å²) in [5.41, 5.74) is 0.396.